The normalized spacial score (nSPS) is 10.8. The smallest absolute Gasteiger partial charge is 0.136 e. The average molecular weight is 230 g/mol. The highest BCUT2D eigenvalue weighted by molar-refractivity contribution is 5.92. The molecule has 2 rings (SSSR count). The predicted molar refractivity (Wildman–Crippen MR) is 71.2 cm³/mol. The Kier molecular flexibility index (Phi) is 3.59. The van der Waals surface area contributed by atoms with Gasteiger partial charge in [-0.2, -0.15) is 0 Å². The van der Waals surface area contributed by atoms with Crippen LogP contribution in [0.1, 0.15) is 19.5 Å². The van der Waals surface area contributed by atoms with Crippen molar-refractivity contribution in [3.05, 3.63) is 36.0 Å². The third kappa shape index (κ3) is 2.24. The molecule has 0 saturated heterocycles. The van der Waals surface area contributed by atoms with Crippen LogP contribution in [0.2, 0.25) is 0 Å². The molecular formula is C14H18N2O. The van der Waals surface area contributed by atoms with E-state index in [2.05, 4.69) is 35.9 Å². The first-order chi connectivity index (χ1) is 8.30. The van der Waals surface area contributed by atoms with E-state index in [9.17, 15) is 5.11 Å². The number of anilines is 1. The minimum absolute atomic E-state index is 0.0148. The molecular weight excluding hydrogens is 212 g/mol. The lowest BCUT2D eigenvalue weighted by molar-refractivity contribution is 0.277. The molecule has 1 heterocycles. The van der Waals surface area contributed by atoms with Crippen molar-refractivity contribution in [2.24, 2.45) is 0 Å². The maximum Gasteiger partial charge on any atom is 0.136 e. The van der Waals surface area contributed by atoms with E-state index in [1.165, 1.54) is 0 Å². The number of benzene rings is 1. The Labute approximate surface area is 102 Å². The molecule has 1 aromatic carbocycles. The molecule has 3 nitrogen and oxygen atoms in total. The molecule has 0 aliphatic carbocycles. The maximum atomic E-state index is 9.27. The maximum absolute atomic E-state index is 9.27. The van der Waals surface area contributed by atoms with Crippen LogP contribution >= 0.6 is 0 Å². The van der Waals surface area contributed by atoms with Gasteiger partial charge < -0.3 is 10.0 Å². The first kappa shape index (κ1) is 11.9. The summed E-state index contributed by atoms with van der Waals surface area (Å²) in [6, 6.07) is 10.1. The number of aliphatic hydroxyl groups excluding tert-OH is 1. The van der Waals surface area contributed by atoms with Crippen molar-refractivity contribution in [3.8, 4) is 0 Å². The number of aromatic nitrogens is 1. The van der Waals surface area contributed by atoms with Gasteiger partial charge in [-0.25, -0.2) is 4.98 Å². The highest BCUT2D eigenvalue weighted by Gasteiger charge is 2.10. The van der Waals surface area contributed by atoms with Crippen LogP contribution in [0, 0.1) is 0 Å². The lowest BCUT2D eigenvalue weighted by Gasteiger charge is -2.22. The van der Waals surface area contributed by atoms with Crippen LogP contribution in [0.15, 0.2) is 30.3 Å². The highest BCUT2D eigenvalue weighted by Crippen LogP contribution is 2.25. The molecule has 0 bridgehead atoms. The van der Waals surface area contributed by atoms with E-state index in [4.69, 9.17) is 0 Å². The summed E-state index contributed by atoms with van der Waals surface area (Å²) in [5.74, 6) is 0.970. The van der Waals surface area contributed by atoms with Crippen LogP contribution in [0.25, 0.3) is 10.8 Å². The number of hydrogen-bond acceptors (Lipinski definition) is 3. The van der Waals surface area contributed by atoms with Gasteiger partial charge in [0.25, 0.3) is 0 Å². The van der Waals surface area contributed by atoms with E-state index in [1.807, 2.05) is 18.2 Å². The minimum Gasteiger partial charge on any atom is -0.390 e. The van der Waals surface area contributed by atoms with E-state index in [-0.39, 0.29) is 6.61 Å². The second-order valence-corrected chi connectivity index (χ2v) is 3.99. The van der Waals surface area contributed by atoms with Crippen LogP contribution in [-0.2, 0) is 6.61 Å². The van der Waals surface area contributed by atoms with Crippen LogP contribution in [0.3, 0.4) is 0 Å². The lowest BCUT2D eigenvalue weighted by atomic mass is 10.1. The lowest BCUT2D eigenvalue weighted by Crippen LogP contribution is -2.23. The van der Waals surface area contributed by atoms with E-state index < -0.39 is 0 Å². The number of hydrogen-bond donors (Lipinski definition) is 1. The van der Waals surface area contributed by atoms with Crippen LogP contribution in [-0.4, -0.2) is 23.2 Å². The Morgan fingerprint density at radius 3 is 2.53 bits per heavy atom. The molecule has 0 spiro atoms. The van der Waals surface area contributed by atoms with Gasteiger partial charge in [0.05, 0.1) is 12.3 Å². The van der Waals surface area contributed by atoms with Gasteiger partial charge in [-0.3, -0.25) is 0 Å². The zero-order valence-corrected chi connectivity index (χ0v) is 10.3. The number of rotatable bonds is 4. The molecule has 2 aromatic rings. The second-order valence-electron chi connectivity index (χ2n) is 3.99. The molecule has 1 aromatic heterocycles. The number of nitrogens with zero attached hydrogens (tertiary/aromatic N) is 2. The quantitative estimate of drug-likeness (QED) is 0.877. The van der Waals surface area contributed by atoms with Crippen molar-refractivity contribution < 1.29 is 5.11 Å². The minimum atomic E-state index is -0.0148. The van der Waals surface area contributed by atoms with Gasteiger partial charge >= 0.3 is 0 Å². The summed E-state index contributed by atoms with van der Waals surface area (Å²) in [5.41, 5.74) is 0.727. The Hall–Kier alpha value is -1.61. The number of pyridine rings is 1. The third-order valence-corrected chi connectivity index (χ3v) is 3.00. The van der Waals surface area contributed by atoms with Gasteiger partial charge in [0.15, 0.2) is 0 Å². The summed E-state index contributed by atoms with van der Waals surface area (Å²) in [6.07, 6.45) is 0. The highest BCUT2D eigenvalue weighted by atomic mass is 16.3. The fraction of sp³-hybridized carbons (Fsp3) is 0.357. The van der Waals surface area contributed by atoms with E-state index in [1.54, 1.807) is 0 Å². The van der Waals surface area contributed by atoms with Crippen LogP contribution in [0.4, 0.5) is 5.82 Å². The molecule has 0 aliphatic rings. The van der Waals surface area contributed by atoms with Crippen molar-refractivity contribution in [1.82, 2.24) is 4.98 Å². The Morgan fingerprint density at radius 2 is 1.88 bits per heavy atom. The molecule has 0 saturated carbocycles. The summed E-state index contributed by atoms with van der Waals surface area (Å²) in [5, 5.41) is 11.5. The molecule has 3 heteroatoms. The monoisotopic (exact) mass is 230 g/mol. The van der Waals surface area contributed by atoms with E-state index in [0.717, 1.165) is 35.4 Å². The SMILES string of the molecule is CCN(CC)c1nc(CO)cc2ccccc12. The standard InChI is InChI=1S/C14H18N2O/c1-3-16(4-2)14-13-8-6-5-7-11(13)9-12(10-17)15-14/h5-9,17H,3-4,10H2,1-2H3. The molecule has 1 N–H and O–H groups in total. The van der Waals surface area contributed by atoms with Crippen molar-refractivity contribution in [2.75, 3.05) is 18.0 Å². The number of aliphatic hydroxyl groups is 1. The predicted octanol–water partition coefficient (Wildman–Crippen LogP) is 2.57. The van der Waals surface area contributed by atoms with Crippen LogP contribution < -0.4 is 4.90 Å². The summed E-state index contributed by atoms with van der Waals surface area (Å²) in [4.78, 5) is 6.75. The molecule has 0 aliphatic heterocycles. The van der Waals surface area contributed by atoms with E-state index >= 15 is 0 Å². The van der Waals surface area contributed by atoms with Crippen molar-refractivity contribution >= 4 is 16.6 Å². The Balaban J connectivity index is 2.65. The van der Waals surface area contributed by atoms with Gasteiger partial charge in [-0.15, -0.1) is 0 Å². The van der Waals surface area contributed by atoms with Gasteiger partial charge in [-0.05, 0) is 25.3 Å². The Morgan fingerprint density at radius 1 is 1.18 bits per heavy atom. The van der Waals surface area contributed by atoms with Crippen molar-refractivity contribution in [2.45, 2.75) is 20.5 Å². The molecule has 0 amide bonds. The summed E-state index contributed by atoms with van der Waals surface area (Å²) in [6.45, 7) is 6.06. The van der Waals surface area contributed by atoms with Gasteiger partial charge in [-0.1, -0.05) is 24.3 Å². The summed E-state index contributed by atoms with van der Waals surface area (Å²) >= 11 is 0. The third-order valence-electron chi connectivity index (χ3n) is 3.00. The van der Waals surface area contributed by atoms with Crippen molar-refractivity contribution in [1.29, 1.82) is 0 Å². The summed E-state index contributed by atoms with van der Waals surface area (Å²) < 4.78 is 0. The molecule has 0 radical (unpaired) electrons. The van der Waals surface area contributed by atoms with E-state index in [0.29, 0.717) is 0 Å². The molecule has 17 heavy (non-hydrogen) atoms. The first-order valence-corrected chi connectivity index (χ1v) is 6.04. The Bertz CT molecular complexity index is 507. The zero-order valence-electron chi connectivity index (χ0n) is 10.3. The van der Waals surface area contributed by atoms with Crippen LogP contribution in [0.5, 0.6) is 0 Å². The second kappa shape index (κ2) is 5.15. The van der Waals surface area contributed by atoms with Gasteiger partial charge in [0.1, 0.15) is 5.82 Å². The zero-order chi connectivity index (χ0) is 12.3. The number of fused-ring (bicyclic) bond motifs is 1. The first-order valence-electron chi connectivity index (χ1n) is 6.04. The fourth-order valence-electron chi connectivity index (χ4n) is 2.08. The van der Waals surface area contributed by atoms with Gasteiger partial charge in [0.2, 0.25) is 0 Å². The topological polar surface area (TPSA) is 36.4 Å². The average Bonchev–Trinajstić information content (AvgIpc) is 2.39. The van der Waals surface area contributed by atoms with Gasteiger partial charge in [0, 0.05) is 18.5 Å². The molecule has 0 fully saturated rings. The molecule has 0 atom stereocenters. The molecule has 0 unspecified atom stereocenters. The largest absolute Gasteiger partial charge is 0.390 e. The van der Waals surface area contributed by atoms with Crippen molar-refractivity contribution in [3.63, 3.8) is 0 Å². The summed E-state index contributed by atoms with van der Waals surface area (Å²) in [7, 11) is 0. The fourth-order valence-corrected chi connectivity index (χ4v) is 2.08. The molecule has 90 valence electrons.